The molecule has 0 aliphatic carbocycles. The first-order valence-corrected chi connectivity index (χ1v) is 9.19. The summed E-state index contributed by atoms with van der Waals surface area (Å²) < 4.78 is 30.2. The Morgan fingerprint density at radius 2 is 2.05 bits per heavy atom. The molecule has 0 amide bonds. The van der Waals surface area contributed by atoms with Crippen LogP contribution in [-0.4, -0.2) is 69.3 Å². The third kappa shape index (κ3) is 4.41. The minimum Gasteiger partial charge on any atom is -0.378 e. The molecule has 1 saturated heterocycles. The summed E-state index contributed by atoms with van der Waals surface area (Å²) in [5.74, 6) is 0. The number of hydrogen-bond acceptors (Lipinski definition) is 4. The zero-order chi connectivity index (χ0) is 15.6. The van der Waals surface area contributed by atoms with Gasteiger partial charge in [-0.3, -0.25) is 4.90 Å². The monoisotopic (exact) mass is 306 g/mol. The third-order valence-corrected chi connectivity index (χ3v) is 6.13. The normalized spacial score (nSPS) is 24.1. The van der Waals surface area contributed by atoms with Crippen molar-refractivity contribution in [2.24, 2.45) is 5.41 Å². The molecule has 5 nitrogen and oxygen atoms in total. The highest BCUT2D eigenvalue weighted by Crippen LogP contribution is 2.30. The lowest BCUT2D eigenvalue weighted by molar-refractivity contribution is -0.0541. The van der Waals surface area contributed by atoms with E-state index in [9.17, 15) is 8.42 Å². The molecule has 0 saturated carbocycles. The molecule has 0 radical (unpaired) electrons. The minimum absolute atomic E-state index is 0.129. The molecule has 0 aromatic rings. The van der Waals surface area contributed by atoms with Crippen LogP contribution in [-0.2, 0) is 14.8 Å². The molecule has 0 aromatic heterocycles. The lowest BCUT2D eigenvalue weighted by Crippen LogP contribution is -2.57. The molecule has 1 fully saturated rings. The molecule has 0 spiro atoms. The Morgan fingerprint density at radius 1 is 1.45 bits per heavy atom. The summed E-state index contributed by atoms with van der Waals surface area (Å²) in [6.45, 7) is 11.7. The summed E-state index contributed by atoms with van der Waals surface area (Å²) >= 11 is 0. The fourth-order valence-electron chi connectivity index (χ4n) is 2.51. The maximum atomic E-state index is 11.6. The third-order valence-electron chi connectivity index (χ3n) is 4.85. The second kappa shape index (κ2) is 6.73. The summed E-state index contributed by atoms with van der Waals surface area (Å²) in [7, 11) is -1.50. The lowest BCUT2D eigenvalue weighted by Gasteiger charge is -2.46. The first-order valence-electron chi connectivity index (χ1n) is 7.34. The molecule has 1 aliphatic rings. The van der Waals surface area contributed by atoms with E-state index < -0.39 is 10.0 Å². The smallest absolute Gasteiger partial charge is 0.211 e. The van der Waals surface area contributed by atoms with Gasteiger partial charge in [0.2, 0.25) is 10.0 Å². The van der Waals surface area contributed by atoms with Crippen molar-refractivity contribution >= 4 is 10.0 Å². The number of sulfonamides is 1. The van der Waals surface area contributed by atoms with Crippen LogP contribution in [0.2, 0.25) is 0 Å². The van der Waals surface area contributed by atoms with Gasteiger partial charge in [-0.15, -0.1) is 0 Å². The number of likely N-dealkylation sites (N-methyl/N-ethyl adjacent to an activating group) is 1. The van der Waals surface area contributed by atoms with Crippen LogP contribution in [0, 0.1) is 5.41 Å². The van der Waals surface area contributed by atoms with Crippen LogP contribution >= 0.6 is 0 Å². The van der Waals surface area contributed by atoms with E-state index in [-0.39, 0.29) is 11.5 Å². The van der Waals surface area contributed by atoms with Crippen LogP contribution in [0.25, 0.3) is 0 Å². The highest BCUT2D eigenvalue weighted by molar-refractivity contribution is 7.88. The van der Waals surface area contributed by atoms with Crippen LogP contribution in [0.3, 0.4) is 0 Å². The van der Waals surface area contributed by atoms with Gasteiger partial charge in [0.1, 0.15) is 0 Å². The summed E-state index contributed by atoms with van der Waals surface area (Å²) in [6, 6.07) is 0.527. The average Bonchev–Trinajstić information content (AvgIpc) is 2.37. The Hall–Kier alpha value is -0.170. The zero-order valence-electron chi connectivity index (χ0n) is 13.7. The maximum absolute atomic E-state index is 11.6. The highest BCUT2D eigenvalue weighted by Gasteiger charge is 2.36. The molecule has 120 valence electrons. The van der Waals surface area contributed by atoms with Crippen molar-refractivity contribution in [3.8, 4) is 0 Å². The molecular weight excluding hydrogens is 276 g/mol. The minimum atomic E-state index is -3.14. The van der Waals surface area contributed by atoms with E-state index >= 15 is 0 Å². The second-order valence-electron chi connectivity index (χ2n) is 6.53. The van der Waals surface area contributed by atoms with Crippen LogP contribution in [0.5, 0.6) is 0 Å². The number of nitrogens with zero attached hydrogens (tertiary/aromatic N) is 2. The van der Waals surface area contributed by atoms with Crippen molar-refractivity contribution in [3.05, 3.63) is 0 Å². The average molecular weight is 306 g/mol. The van der Waals surface area contributed by atoms with Crippen molar-refractivity contribution in [1.29, 1.82) is 0 Å². The molecule has 1 aliphatic heterocycles. The van der Waals surface area contributed by atoms with Gasteiger partial charge in [-0.2, -0.15) is 0 Å². The van der Waals surface area contributed by atoms with Gasteiger partial charge in [0.25, 0.3) is 0 Å². The van der Waals surface area contributed by atoms with Crippen molar-refractivity contribution in [2.75, 3.05) is 39.6 Å². The molecule has 0 N–H and O–H groups in total. The Balaban J connectivity index is 2.82. The molecule has 2 atom stereocenters. The van der Waals surface area contributed by atoms with Crippen molar-refractivity contribution in [2.45, 2.75) is 46.2 Å². The van der Waals surface area contributed by atoms with Gasteiger partial charge in [0, 0.05) is 32.2 Å². The number of hydrogen-bond donors (Lipinski definition) is 0. The molecule has 0 aromatic carbocycles. The Bertz CT molecular complexity index is 409. The Kier molecular flexibility index (Phi) is 6.01. The molecule has 2 unspecified atom stereocenters. The summed E-state index contributed by atoms with van der Waals surface area (Å²) in [4.78, 5) is 2.41. The number of ether oxygens (including phenoxy) is 1. The SMILES string of the molecule is CCC(C)(C)C(C)N1CCOCC1CN(C)S(C)(=O)=O. The number of rotatable bonds is 6. The van der Waals surface area contributed by atoms with E-state index in [1.807, 2.05) is 0 Å². The topological polar surface area (TPSA) is 49.9 Å². The first-order chi connectivity index (χ1) is 9.09. The van der Waals surface area contributed by atoms with Crippen LogP contribution in [0.4, 0.5) is 0 Å². The first kappa shape index (κ1) is 17.9. The van der Waals surface area contributed by atoms with E-state index in [1.165, 1.54) is 10.6 Å². The summed E-state index contributed by atoms with van der Waals surface area (Å²) in [5.41, 5.74) is 0.208. The van der Waals surface area contributed by atoms with E-state index in [0.717, 1.165) is 19.6 Å². The van der Waals surface area contributed by atoms with Crippen molar-refractivity contribution < 1.29 is 13.2 Å². The molecular formula is C14H30N2O3S. The second-order valence-corrected chi connectivity index (χ2v) is 8.62. The molecule has 1 heterocycles. The van der Waals surface area contributed by atoms with E-state index in [1.54, 1.807) is 7.05 Å². The van der Waals surface area contributed by atoms with Gasteiger partial charge in [0.15, 0.2) is 0 Å². The standard InChI is InChI=1S/C14H30N2O3S/c1-7-14(3,4)12(2)16-8-9-19-11-13(16)10-15(5)20(6,17)18/h12-13H,7-11H2,1-6H3. The van der Waals surface area contributed by atoms with E-state index in [2.05, 4.69) is 32.6 Å². The largest absolute Gasteiger partial charge is 0.378 e. The maximum Gasteiger partial charge on any atom is 0.211 e. The van der Waals surface area contributed by atoms with Crippen molar-refractivity contribution in [1.82, 2.24) is 9.21 Å². The molecule has 6 heteroatoms. The Labute approximate surface area is 124 Å². The van der Waals surface area contributed by atoms with Gasteiger partial charge in [-0.25, -0.2) is 12.7 Å². The fraction of sp³-hybridized carbons (Fsp3) is 1.00. The highest BCUT2D eigenvalue weighted by atomic mass is 32.2. The van der Waals surface area contributed by atoms with Gasteiger partial charge < -0.3 is 4.74 Å². The van der Waals surface area contributed by atoms with Crippen LogP contribution in [0.1, 0.15) is 34.1 Å². The zero-order valence-corrected chi connectivity index (χ0v) is 14.5. The summed E-state index contributed by atoms with van der Waals surface area (Å²) in [6.07, 6.45) is 2.35. The lowest BCUT2D eigenvalue weighted by atomic mass is 9.81. The molecule has 20 heavy (non-hydrogen) atoms. The molecule has 0 bridgehead atoms. The fourth-order valence-corrected chi connectivity index (χ4v) is 2.95. The van der Waals surface area contributed by atoms with Gasteiger partial charge in [0.05, 0.1) is 19.5 Å². The predicted molar refractivity (Wildman–Crippen MR) is 82.3 cm³/mol. The van der Waals surface area contributed by atoms with Gasteiger partial charge in [-0.05, 0) is 18.8 Å². The van der Waals surface area contributed by atoms with Crippen molar-refractivity contribution in [3.63, 3.8) is 0 Å². The van der Waals surface area contributed by atoms with Crippen LogP contribution in [0.15, 0.2) is 0 Å². The summed E-state index contributed by atoms with van der Waals surface area (Å²) in [5, 5.41) is 0. The van der Waals surface area contributed by atoms with E-state index in [4.69, 9.17) is 4.74 Å². The van der Waals surface area contributed by atoms with Crippen LogP contribution < -0.4 is 0 Å². The Morgan fingerprint density at radius 3 is 2.55 bits per heavy atom. The quantitative estimate of drug-likeness (QED) is 0.744. The van der Waals surface area contributed by atoms with E-state index in [0.29, 0.717) is 19.2 Å². The van der Waals surface area contributed by atoms with Gasteiger partial charge >= 0.3 is 0 Å². The predicted octanol–water partition coefficient (Wildman–Crippen LogP) is 1.40. The number of morpholine rings is 1. The molecule has 1 rings (SSSR count). The van der Waals surface area contributed by atoms with Gasteiger partial charge in [-0.1, -0.05) is 20.8 Å².